The van der Waals surface area contributed by atoms with Gasteiger partial charge in [-0.25, -0.2) is 9.97 Å². The summed E-state index contributed by atoms with van der Waals surface area (Å²) in [4.78, 5) is 10.5. The zero-order valence-electron chi connectivity index (χ0n) is 23.8. The molecule has 0 radical (unpaired) electrons. The fourth-order valence-corrected chi connectivity index (χ4v) is 6.61. The molecule has 0 spiro atoms. The van der Waals surface area contributed by atoms with Gasteiger partial charge in [-0.3, -0.25) is 9.13 Å². The molecule has 0 aliphatic heterocycles. The second-order valence-corrected chi connectivity index (χ2v) is 11.1. The van der Waals surface area contributed by atoms with E-state index in [-0.39, 0.29) is 0 Å². The van der Waals surface area contributed by atoms with Crippen molar-refractivity contribution < 1.29 is 0 Å². The Bertz CT molecular complexity index is 2310. The lowest BCUT2D eigenvalue weighted by Crippen LogP contribution is -2.02. The summed E-state index contributed by atoms with van der Waals surface area (Å²) in [7, 11) is 0. The van der Waals surface area contributed by atoms with Crippen LogP contribution in [-0.4, -0.2) is 19.1 Å². The molecule has 0 saturated heterocycles. The zero-order chi connectivity index (χ0) is 29.0. The fourth-order valence-electron chi connectivity index (χ4n) is 6.61. The summed E-state index contributed by atoms with van der Waals surface area (Å²) in [5.74, 6) is 1.76. The van der Waals surface area contributed by atoms with Crippen molar-refractivity contribution in [2.75, 3.05) is 0 Å². The zero-order valence-corrected chi connectivity index (χ0v) is 23.8. The van der Waals surface area contributed by atoms with E-state index in [0.717, 1.165) is 56.2 Å². The molecular weight excluding hydrogens is 536 g/mol. The van der Waals surface area contributed by atoms with E-state index in [9.17, 15) is 0 Å². The van der Waals surface area contributed by atoms with Crippen molar-refractivity contribution in [3.8, 4) is 34.2 Å². The number of aromatic nitrogens is 4. The maximum Gasteiger partial charge on any atom is 0.138 e. The first-order valence-corrected chi connectivity index (χ1v) is 14.9. The Balaban J connectivity index is 1.42. The highest BCUT2D eigenvalue weighted by Gasteiger charge is 2.22. The number of hydrogen-bond donors (Lipinski definition) is 0. The van der Waals surface area contributed by atoms with Crippen LogP contribution in [0.4, 0.5) is 0 Å². The van der Waals surface area contributed by atoms with E-state index >= 15 is 0 Å². The van der Waals surface area contributed by atoms with Gasteiger partial charge in [-0.2, -0.15) is 0 Å². The van der Waals surface area contributed by atoms with E-state index < -0.39 is 0 Å². The van der Waals surface area contributed by atoms with Crippen molar-refractivity contribution in [3.63, 3.8) is 0 Å². The molecule has 0 fully saturated rings. The third-order valence-electron chi connectivity index (χ3n) is 8.53. The van der Waals surface area contributed by atoms with Crippen LogP contribution >= 0.6 is 0 Å². The Kier molecular flexibility index (Phi) is 5.47. The van der Waals surface area contributed by atoms with Gasteiger partial charge in [0.2, 0.25) is 0 Å². The van der Waals surface area contributed by atoms with Crippen LogP contribution in [0.15, 0.2) is 158 Å². The summed E-state index contributed by atoms with van der Waals surface area (Å²) < 4.78 is 4.66. The minimum atomic E-state index is 0.882. The van der Waals surface area contributed by atoms with E-state index in [0.29, 0.717) is 0 Å². The highest BCUT2D eigenvalue weighted by molar-refractivity contribution is 6.23. The van der Waals surface area contributed by atoms with Gasteiger partial charge in [0, 0.05) is 32.7 Å². The molecule has 4 heteroatoms. The second-order valence-electron chi connectivity index (χ2n) is 11.1. The molecule has 0 saturated carbocycles. The number of pyridine rings is 2. The number of nitrogens with zero attached hydrogens (tertiary/aromatic N) is 4. The molecule has 0 N–H and O–H groups in total. The second kappa shape index (κ2) is 9.79. The Morgan fingerprint density at radius 1 is 0.318 bits per heavy atom. The van der Waals surface area contributed by atoms with Crippen LogP contribution in [0, 0.1) is 0 Å². The summed E-state index contributed by atoms with van der Waals surface area (Å²) in [6, 6.07) is 55.1. The van der Waals surface area contributed by atoms with Crippen molar-refractivity contribution in [1.29, 1.82) is 0 Å². The predicted molar refractivity (Wildman–Crippen MR) is 182 cm³/mol. The van der Waals surface area contributed by atoms with Gasteiger partial charge in [0.05, 0.1) is 33.5 Å². The van der Waals surface area contributed by atoms with Gasteiger partial charge in [-0.1, -0.05) is 121 Å². The largest absolute Gasteiger partial charge is 0.292 e. The topological polar surface area (TPSA) is 35.6 Å². The molecule has 0 amide bonds. The fraction of sp³-hybridized carbons (Fsp3) is 0. The first-order valence-electron chi connectivity index (χ1n) is 14.9. The van der Waals surface area contributed by atoms with Gasteiger partial charge in [-0.15, -0.1) is 0 Å². The highest BCUT2D eigenvalue weighted by atomic mass is 15.1. The van der Waals surface area contributed by atoms with Gasteiger partial charge < -0.3 is 0 Å². The van der Waals surface area contributed by atoms with Crippen LogP contribution in [0.3, 0.4) is 0 Å². The van der Waals surface area contributed by atoms with Crippen LogP contribution in [0.25, 0.3) is 77.8 Å². The van der Waals surface area contributed by atoms with Gasteiger partial charge >= 0.3 is 0 Å². The maximum atomic E-state index is 5.24. The van der Waals surface area contributed by atoms with Crippen LogP contribution in [0.5, 0.6) is 0 Å². The summed E-state index contributed by atoms with van der Waals surface area (Å²) in [6.45, 7) is 0. The molecule has 4 aromatic heterocycles. The van der Waals surface area contributed by atoms with E-state index in [1.807, 2.05) is 12.1 Å². The maximum absolute atomic E-state index is 5.24. The number of benzene rings is 5. The minimum absolute atomic E-state index is 0.882. The number of para-hydroxylation sites is 2. The third kappa shape index (κ3) is 3.71. The monoisotopic (exact) mass is 562 g/mol. The van der Waals surface area contributed by atoms with E-state index in [4.69, 9.17) is 9.97 Å². The number of rotatable bonds is 4. The Morgan fingerprint density at radius 3 is 1.18 bits per heavy atom. The van der Waals surface area contributed by atoms with Crippen molar-refractivity contribution >= 4 is 43.6 Å². The molecule has 5 aromatic carbocycles. The third-order valence-corrected chi connectivity index (χ3v) is 8.53. The van der Waals surface area contributed by atoms with E-state index in [1.54, 1.807) is 0 Å². The predicted octanol–water partition coefficient (Wildman–Crippen LogP) is 10.0. The molecule has 44 heavy (non-hydrogen) atoms. The minimum Gasteiger partial charge on any atom is -0.292 e. The smallest absolute Gasteiger partial charge is 0.138 e. The summed E-state index contributed by atoms with van der Waals surface area (Å²) in [5.41, 5.74) is 8.55. The number of fused-ring (bicyclic) bond motifs is 7. The first kappa shape index (κ1) is 24.6. The average molecular weight is 563 g/mol. The number of hydrogen-bond acceptors (Lipinski definition) is 2. The molecule has 0 aliphatic rings. The molecule has 9 rings (SSSR count). The van der Waals surface area contributed by atoms with E-state index in [1.165, 1.54) is 21.5 Å². The van der Waals surface area contributed by atoms with Crippen LogP contribution in [0.2, 0.25) is 0 Å². The van der Waals surface area contributed by atoms with E-state index in [2.05, 4.69) is 155 Å². The lowest BCUT2D eigenvalue weighted by atomic mass is 10.1. The Hall–Kier alpha value is -6.00. The molecular formula is C40H26N4. The van der Waals surface area contributed by atoms with Crippen molar-refractivity contribution in [2.45, 2.75) is 0 Å². The Morgan fingerprint density at radius 2 is 0.727 bits per heavy atom. The lowest BCUT2D eigenvalue weighted by Gasteiger charge is -2.13. The molecule has 9 aromatic rings. The molecule has 0 bridgehead atoms. The summed E-state index contributed by atoms with van der Waals surface area (Å²) in [6.07, 6.45) is 0. The van der Waals surface area contributed by atoms with Crippen molar-refractivity contribution in [3.05, 3.63) is 158 Å². The lowest BCUT2D eigenvalue weighted by molar-refractivity contribution is 1.06. The average Bonchev–Trinajstić information content (AvgIpc) is 3.62. The summed E-state index contributed by atoms with van der Waals surface area (Å²) >= 11 is 0. The van der Waals surface area contributed by atoms with Crippen LogP contribution in [-0.2, 0) is 0 Å². The molecule has 4 heterocycles. The molecule has 206 valence electrons. The van der Waals surface area contributed by atoms with Crippen molar-refractivity contribution in [2.24, 2.45) is 0 Å². The van der Waals surface area contributed by atoms with Crippen LogP contribution in [0.1, 0.15) is 0 Å². The first-order chi connectivity index (χ1) is 21.8. The Labute approximate surface area is 254 Å². The van der Waals surface area contributed by atoms with Gasteiger partial charge in [-0.05, 0) is 36.4 Å². The quantitative estimate of drug-likeness (QED) is 0.214. The summed E-state index contributed by atoms with van der Waals surface area (Å²) in [5, 5.41) is 4.75. The molecule has 0 aliphatic carbocycles. The molecule has 0 atom stereocenters. The standard InChI is InChI=1S/C40H26N4/c1-3-13-27(14-4-1)33-19-11-23-37(41-33)43-35-21-9-7-17-29(35)31-25-26-32-30-18-8-10-22-36(30)44(40(32)39(31)43)38-24-12-20-34(42-38)28-15-5-2-6-16-28/h1-26H. The molecule has 0 unspecified atom stereocenters. The van der Waals surface area contributed by atoms with Gasteiger partial charge in [0.15, 0.2) is 0 Å². The normalized spacial score (nSPS) is 11.6. The van der Waals surface area contributed by atoms with Gasteiger partial charge in [0.25, 0.3) is 0 Å². The van der Waals surface area contributed by atoms with Crippen LogP contribution < -0.4 is 0 Å². The SMILES string of the molecule is c1ccc(-c2cccc(-n3c4ccccc4c4ccc5c6ccccc6n(-c6cccc(-c7ccccc7)n6)c5c43)n2)cc1. The highest BCUT2D eigenvalue weighted by Crippen LogP contribution is 2.41. The van der Waals surface area contributed by atoms with Crippen molar-refractivity contribution in [1.82, 2.24) is 19.1 Å². The molecule has 4 nitrogen and oxygen atoms in total. The van der Waals surface area contributed by atoms with Gasteiger partial charge in [0.1, 0.15) is 11.6 Å².